The molecule has 0 spiro atoms. The summed E-state index contributed by atoms with van der Waals surface area (Å²) in [6, 6.07) is 12.9. The molecule has 0 saturated carbocycles. The van der Waals surface area contributed by atoms with Crippen molar-refractivity contribution in [3.8, 4) is 5.75 Å². The number of carbonyl (C=O) groups excluding carboxylic acids is 2. The lowest BCUT2D eigenvalue weighted by molar-refractivity contribution is 0.0601. The van der Waals surface area contributed by atoms with Gasteiger partial charge >= 0.3 is 12.0 Å². The molecule has 1 saturated heterocycles. The van der Waals surface area contributed by atoms with Crippen LogP contribution in [0.2, 0.25) is 0 Å². The van der Waals surface area contributed by atoms with E-state index in [0.717, 1.165) is 11.3 Å². The molecule has 0 bridgehead atoms. The number of carbonyl (C=O) groups is 2. The molecule has 3 rings (SSSR count). The van der Waals surface area contributed by atoms with Gasteiger partial charge in [0.1, 0.15) is 5.75 Å². The zero-order valence-electron chi connectivity index (χ0n) is 16.4. The van der Waals surface area contributed by atoms with Crippen LogP contribution >= 0.6 is 0 Å². The molecule has 0 radical (unpaired) electrons. The monoisotopic (exact) mass is 383 g/mol. The Morgan fingerprint density at radius 1 is 1.00 bits per heavy atom. The third kappa shape index (κ3) is 4.19. The first-order chi connectivity index (χ1) is 13.5. The quantitative estimate of drug-likeness (QED) is 0.822. The zero-order valence-corrected chi connectivity index (χ0v) is 16.4. The van der Waals surface area contributed by atoms with Crippen molar-refractivity contribution in [3.05, 3.63) is 53.6 Å². The van der Waals surface area contributed by atoms with E-state index in [-0.39, 0.29) is 12.0 Å². The van der Waals surface area contributed by atoms with Crippen LogP contribution in [0.5, 0.6) is 5.75 Å². The minimum Gasteiger partial charge on any atom is -0.495 e. The second-order valence-electron chi connectivity index (χ2n) is 6.62. The Kier molecular flexibility index (Phi) is 6.03. The Hall–Kier alpha value is -3.22. The highest BCUT2D eigenvalue weighted by Crippen LogP contribution is 2.26. The van der Waals surface area contributed by atoms with Crippen LogP contribution in [0, 0.1) is 6.92 Å². The van der Waals surface area contributed by atoms with Gasteiger partial charge in [0.25, 0.3) is 0 Å². The fraction of sp³-hybridized carbons (Fsp3) is 0.333. The van der Waals surface area contributed by atoms with Gasteiger partial charge in [0.2, 0.25) is 0 Å². The van der Waals surface area contributed by atoms with E-state index < -0.39 is 0 Å². The number of benzene rings is 2. The fourth-order valence-corrected chi connectivity index (χ4v) is 3.30. The highest BCUT2D eigenvalue weighted by Gasteiger charge is 2.24. The van der Waals surface area contributed by atoms with E-state index in [0.29, 0.717) is 43.2 Å². The third-order valence-electron chi connectivity index (χ3n) is 4.81. The number of anilines is 2. The largest absolute Gasteiger partial charge is 0.495 e. The van der Waals surface area contributed by atoms with Crippen molar-refractivity contribution in [1.82, 2.24) is 4.90 Å². The molecule has 7 heteroatoms. The maximum Gasteiger partial charge on any atom is 0.339 e. The molecular weight excluding hydrogens is 358 g/mol. The summed E-state index contributed by atoms with van der Waals surface area (Å²) in [7, 11) is 2.96. The Labute approximate surface area is 164 Å². The van der Waals surface area contributed by atoms with E-state index in [1.165, 1.54) is 7.11 Å². The molecule has 0 aliphatic carbocycles. The van der Waals surface area contributed by atoms with Gasteiger partial charge in [-0.15, -0.1) is 0 Å². The minimum atomic E-state index is -0.359. The van der Waals surface area contributed by atoms with Crippen LogP contribution in [-0.2, 0) is 4.74 Å². The van der Waals surface area contributed by atoms with Crippen molar-refractivity contribution < 1.29 is 19.1 Å². The van der Waals surface area contributed by atoms with Crippen molar-refractivity contribution in [3.63, 3.8) is 0 Å². The number of urea groups is 1. The molecule has 1 N–H and O–H groups in total. The molecule has 0 aromatic heterocycles. The van der Waals surface area contributed by atoms with Gasteiger partial charge in [-0.2, -0.15) is 0 Å². The SMILES string of the molecule is COC(=O)c1ccccc1N1CCN(C(=O)Nc2cc(C)ccc2OC)CC1. The number of para-hydroxylation sites is 1. The van der Waals surface area contributed by atoms with Gasteiger partial charge in [0.05, 0.1) is 31.2 Å². The summed E-state index contributed by atoms with van der Waals surface area (Å²) in [5.74, 6) is 0.270. The van der Waals surface area contributed by atoms with E-state index >= 15 is 0 Å². The van der Waals surface area contributed by atoms with Gasteiger partial charge in [0, 0.05) is 26.2 Å². The van der Waals surface area contributed by atoms with E-state index in [1.807, 2.05) is 43.3 Å². The molecule has 1 aliphatic rings. The number of amides is 2. The molecule has 148 valence electrons. The Morgan fingerprint density at radius 2 is 1.71 bits per heavy atom. The first kappa shape index (κ1) is 19.5. The van der Waals surface area contributed by atoms with Gasteiger partial charge in [-0.05, 0) is 36.8 Å². The predicted molar refractivity (Wildman–Crippen MR) is 108 cm³/mol. The van der Waals surface area contributed by atoms with E-state index in [1.54, 1.807) is 18.1 Å². The second-order valence-corrected chi connectivity index (χ2v) is 6.62. The second kappa shape index (κ2) is 8.65. The van der Waals surface area contributed by atoms with Crippen LogP contribution in [0.15, 0.2) is 42.5 Å². The van der Waals surface area contributed by atoms with Crippen molar-refractivity contribution >= 4 is 23.4 Å². The smallest absolute Gasteiger partial charge is 0.339 e. The zero-order chi connectivity index (χ0) is 20.1. The summed E-state index contributed by atoms with van der Waals surface area (Å²) in [5.41, 5.74) is 3.06. The van der Waals surface area contributed by atoms with Gasteiger partial charge in [-0.1, -0.05) is 18.2 Å². The number of piperazine rings is 1. The Bertz CT molecular complexity index is 860. The number of nitrogens with zero attached hydrogens (tertiary/aromatic N) is 2. The number of aryl methyl sites for hydroxylation is 1. The standard InChI is InChI=1S/C21H25N3O4/c1-15-8-9-19(27-2)17(14-15)22-21(26)24-12-10-23(11-13-24)18-7-5-4-6-16(18)20(25)28-3/h4-9,14H,10-13H2,1-3H3,(H,22,26). The topological polar surface area (TPSA) is 71.1 Å². The van der Waals surface area contributed by atoms with Gasteiger partial charge < -0.3 is 24.6 Å². The van der Waals surface area contributed by atoms with Crippen molar-refractivity contribution in [2.75, 3.05) is 50.6 Å². The van der Waals surface area contributed by atoms with E-state index in [4.69, 9.17) is 9.47 Å². The van der Waals surface area contributed by atoms with Crippen LogP contribution in [-0.4, -0.2) is 57.3 Å². The van der Waals surface area contributed by atoms with Crippen LogP contribution in [0.25, 0.3) is 0 Å². The van der Waals surface area contributed by atoms with Crippen LogP contribution in [0.1, 0.15) is 15.9 Å². The minimum absolute atomic E-state index is 0.162. The van der Waals surface area contributed by atoms with E-state index in [2.05, 4.69) is 10.2 Å². The molecule has 2 aromatic carbocycles. The molecule has 1 aliphatic heterocycles. The predicted octanol–water partition coefficient (Wildman–Crippen LogP) is 3.14. The molecular formula is C21H25N3O4. The lowest BCUT2D eigenvalue weighted by Crippen LogP contribution is -2.50. The van der Waals surface area contributed by atoms with Crippen molar-refractivity contribution in [1.29, 1.82) is 0 Å². The molecule has 1 heterocycles. The normalized spacial score (nSPS) is 13.8. The van der Waals surface area contributed by atoms with Gasteiger partial charge in [0.15, 0.2) is 0 Å². The number of hydrogen-bond donors (Lipinski definition) is 1. The first-order valence-corrected chi connectivity index (χ1v) is 9.16. The summed E-state index contributed by atoms with van der Waals surface area (Å²) < 4.78 is 10.2. The molecule has 2 aromatic rings. The highest BCUT2D eigenvalue weighted by molar-refractivity contribution is 5.96. The molecule has 7 nitrogen and oxygen atoms in total. The van der Waals surface area contributed by atoms with Crippen LogP contribution in [0.3, 0.4) is 0 Å². The van der Waals surface area contributed by atoms with Crippen LogP contribution in [0.4, 0.5) is 16.2 Å². The summed E-state index contributed by atoms with van der Waals surface area (Å²) >= 11 is 0. The lowest BCUT2D eigenvalue weighted by atomic mass is 10.1. The summed E-state index contributed by atoms with van der Waals surface area (Å²) in [4.78, 5) is 28.5. The molecule has 1 fully saturated rings. The average Bonchev–Trinajstić information content (AvgIpc) is 2.73. The van der Waals surface area contributed by atoms with E-state index in [9.17, 15) is 9.59 Å². The maximum atomic E-state index is 12.7. The first-order valence-electron chi connectivity index (χ1n) is 9.16. The molecule has 28 heavy (non-hydrogen) atoms. The number of esters is 1. The van der Waals surface area contributed by atoms with Crippen LogP contribution < -0.4 is 15.0 Å². The molecule has 0 unspecified atom stereocenters. The number of methoxy groups -OCH3 is 2. The number of rotatable bonds is 4. The number of ether oxygens (including phenoxy) is 2. The average molecular weight is 383 g/mol. The highest BCUT2D eigenvalue weighted by atomic mass is 16.5. The van der Waals surface area contributed by atoms with Gasteiger partial charge in [-0.25, -0.2) is 9.59 Å². The summed E-state index contributed by atoms with van der Waals surface area (Å²) in [5, 5.41) is 2.93. The Morgan fingerprint density at radius 3 is 2.39 bits per heavy atom. The molecule has 2 amide bonds. The maximum absolute atomic E-state index is 12.7. The third-order valence-corrected chi connectivity index (χ3v) is 4.81. The Balaban J connectivity index is 1.65. The fourth-order valence-electron chi connectivity index (χ4n) is 3.30. The number of hydrogen-bond acceptors (Lipinski definition) is 5. The van der Waals surface area contributed by atoms with Crippen molar-refractivity contribution in [2.24, 2.45) is 0 Å². The summed E-state index contributed by atoms with van der Waals surface area (Å²) in [6.07, 6.45) is 0. The number of nitrogens with one attached hydrogen (secondary N) is 1. The van der Waals surface area contributed by atoms with Crippen molar-refractivity contribution in [2.45, 2.75) is 6.92 Å². The summed E-state index contributed by atoms with van der Waals surface area (Å²) in [6.45, 7) is 4.33. The molecule has 0 atom stereocenters. The van der Waals surface area contributed by atoms with Gasteiger partial charge in [-0.3, -0.25) is 0 Å². The lowest BCUT2D eigenvalue weighted by Gasteiger charge is -2.36.